The summed E-state index contributed by atoms with van der Waals surface area (Å²) in [7, 11) is 0. The topological polar surface area (TPSA) is 201 Å². The molecule has 2 fully saturated rings. The molecule has 13 nitrogen and oxygen atoms in total. The number of rotatable bonds is 4. The Bertz CT molecular complexity index is 1340. The Morgan fingerprint density at radius 1 is 0.711 bits per heavy atom. The zero-order valence-electron chi connectivity index (χ0n) is 20.4. The molecule has 1 aromatic heterocycles. The highest BCUT2D eigenvalue weighted by Gasteiger charge is 2.45. The van der Waals surface area contributed by atoms with E-state index in [0.29, 0.717) is 11.0 Å². The van der Waals surface area contributed by atoms with Crippen molar-refractivity contribution in [3.63, 3.8) is 0 Å². The van der Waals surface area contributed by atoms with Crippen LogP contribution in [0.2, 0.25) is 0 Å². The fraction of sp³-hybridized carbons (Fsp3) is 0.480. The van der Waals surface area contributed by atoms with Gasteiger partial charge in [0.2, 0.25) is 12.6 Å². The number of hydrogen-bond acceptors (Lipinski definition) is 13. The Morgan fingerprint density at radius 2 is 1.24 bits per heavy atom. The molecule has 0 amide bonds. The van der Waals surface area contributed by atoms with E-state index in [0.717, 1.165) is 0 Å². The zero-order valence-corrected chi connectivity index (χ0v) is 20.4. The molecule has 38 heavy (non-hydrogen) atoms. The van der Waals surface area contributed by atoms with Crippen molar-refractivity contribution in [1.29, 1.82) is 0 Å². The van der Waals surface area contributed by atoms with Gasteiger partial charge in [0.15, 0.2) is 5.75 Å². The molecule has 2 aliphatic rings. The molecule has 3 aromatic rings. The van der Waals surface area contributed by atoms with E-state index >= 15 is 0 Å². The lowest BCUT2D eigenvalue weighted by Gasteiger charge is -2.38. The van der Waals surface area contributed by atoms with Crippen LogP contribution in [0.25, 0.3) is 22.1 Å². The van der Waals surface area contributed by atoms with E-state index in [2.05, 4.69) is 9.97 Å². The first kappa shape index (κ1) is 26.6. The molecule has 0 radical (unpaired) electrons. The molecular weight excluding hydrogens is 504 g/mol. The van der Waals surface area contributed by atoms with E-state index in [9.17, 15) is 35.4 Å². The van der Waals surface area contributed by atoms with Gasteiger partial charge < -0.3 is 49.6 Å². The van der Waals surface area contributed by atoms with Crippen LogP contribution in [-0.2, 0) is 14.2 Å². The number of carbonyl (C=O) groups is 1. The van der Waals surface area contributed by atoms with Crippen LogP contribution in [0.4, 0.5) is 0 Å². The van der Waals surface area contributed by atoms with Crippen LogP contribution < -0.4 is 4.74 Å². The first-order valence-electron chi connectivity index (χ1n) is 12.0. The van der Waals surface area contributed by atoms with Gasteiger partial charge in [0.25, 0.3) is 0 Å². The summed E-state index contributed by atoms with van der Waals surface area (Å²) < 4.78 is 22.0. The maximum absolute atomic E-state index is 13.0. The van der Waals surface area contributed by atoms with E-state index in [4.69, 9.17) is 18.9 Å². The summed E-state index contributed by atoms with van der Waals surface area (Å²) in [6.07, 6.45) is -13.3. The van der Waals surface area contributed by atoms with Crippen molar-refractivity contribution in [3.8, 4) is 5.75 Å². The Balaban J connectivity index is 1.44. The van der Waals surface area contributed by atoms with Crippen molar-refractivity contribution in [2.24, 2.45) is 0 Å². The molecule has 204 valence electrons. The fourth-order valence-corrected chi connectivity index (χ4v) is 4.47. The van der Waals surface area contributed by atoms with Crippen molar-refractivity contribution in [1.82, 2.24) is 9.97 Å². The van der Waals surface area contributed by atoms with Crippen molar-refractivity contribution in [3.05, 3.63) is 42.0 Å². The first-order valence-corrected chi connectivity index (χ1v) is 12.0. The highest BCUT2D eigenvalue weighted by Crippen LogP contribution is 2.31. The number of aliphatic hydroxyl groups is 6. The molecule has 0 aliphatic carbocycles. The molecule has 13 heteroatoms. The van der Waals surface area contributed by atoms with Gasteiger partial charge in [0, 0.05) is 0 Å². The SMILES string of the molecule is C[C@@H]1O[C@@H](OC(=O)c2cccc3nc4c(O[C@@H]5O[C@@H](C)[C@H](O)[C@@H](O)[C@H]5O)cccc4nc23)[C@H](O)[C@H](O)[C@H]1O. The number of hydrogen-bond donors (Lipinski definition) is 6. The highest BCUT2D eigenvalue weighted by atomic mass is 16.7. The summed E-state index contributed by atoms with van der Waals surface area (Å²) in [4.78, 5) is 22.1. The number of nitrogens with zero attached hydrogens (tertiary/aromatic N) is 2. The Kier molecular flexibility index (Phi) is 7.19. The lowest BCUT2D eigenvalue weighted by atomic mass is 10.00. The van der Waals surface area contributed by atoms with Crippen LogP contribution in [0.15, 0.2) is 36.4 Å². The molecule has 2 aromatic carbocycles. The second-order valence-electron chi connectivity index (χ2n) is 9.41. The van der Waals surface area contributed by atoms with Crippen molar-refractivity contribution >= 4 is 28.0 Å². The van der Waals surface area contributed by atoms with Gasteiger partial charge >= 0.3 is 5.97 Å². The van der Waals surface area contributed by atoms with Gasteiger partial charge in [0.05, 0.1) is 28.8 Å². The summed E-state index contributed by atoms with van der Waals surface area (Å²) in [6.45, 7) is 3.00. The van der Waals surface area contributed by atoms with Gasteiger partial charge in [-0.05, 0) is 38.1 Å². The Morgan fingerprint density at radius 3 is 1.89 bits per heavy atom. The lowest BCUT2D eigenvalue weighted by Crippen LogP contribution is -2.58. The number of ether oxygens (including phenoxy) is 4. The third kappa shape index (κ3) is 4.67. The summed E-state index contributed by atoms with van der Waals surface area (Å²) in [5.41, 5.74) is 1.11. The molecule has 10 atom stereocenters. The second kappa shape index (κ2) is 10.3. The van der Waals surface area contributed by atoms with E-state index in [-0.39, 0.29) is 22.3 Å². The third-order valence-electron chi connectivity index (χ3n) is 6.76. The molecule has 3 heterocycles. The Labute approximate surface area is 215 Å². The minimum atomic E-state index is -1.66. The third-order valence-corrected chi connectivity index (χ3v) is 6.76. The van der Waals surface area contributed by atoms with E-state index in [1.54, 1.807) is 30.3 Å². The van der Waals surface area contributed by atoms with Crippen LogP contribution in [0, 0.1) is 0 Å². The predicted molar refractivity (Wildman–Crippen MR) is 128 cm³/mol. The van der Waals surface area contributed by atoms with Crippen molar-refractivity contribution in [2.45, 2.75) is 75.3 Å². The van der Waals surface area contributed by atoms with Gasteiger partial charge in [-0.15, -0.1) is 0 Å². The minimum absolute atomic E-state index is 0.0178. The molecule has 0 unspecified atom stereocenters. The first-order chi connectivity index (χ1) is 18.1. The number of esters is 1. The molecule has 5 rings (SSSR count). The average Bonchev–Trinajstić information content (AvgIpc) is 2.91. The van der Waals surface area contributed by atoms with Crippen LogP contribution in [0.3, 0.4) is 0 Å². The second-order valence-corrected chi connectivity index (χ2v) is 9.41. The maximum Gasteiger partial charge on any atom is 0.342 e. The standard InChI is InChI=1S/C25H28N2O11/c1-9-17(28)19(30)21(32)24(35-9)37-14-8-4-7-13-16(14)27-12-6-3-5-11(15(12)26-13)23(34)38-25-22(33)20(31)18(29)10(2)36-25/h3-10,17-22,24-25,28-33H,1-2H3/t9-,10-,17-,18-,19+,20+,21+,22+,24-,25-/m0/s1. The molecule has 2 aliphatic heterocycles. The van der Waals surface area contributed by atoms with Crippen LogP contribution in [0.5, 0.6) is 5.75 Å². The largest absolute Gasteiger partial charge is 0.460 e. The van der Waals surface area contributed by atoms with Gasteiger partial charge in [-0.25, -0.2) is 14.8 Å². The number of aromatic nitrogens is 2. The van der Waals surface area contributed by atoms with Crippen molar-refractivity contribution < 1.29 is 54.4 Å². The van der Waals surface area contributed by atoms with Crippen molar-refractivity contribution in [2.75, 3.05) is 0 Å². The quantitative estimate of drug-likeness (QED) is 0.176. The van der Waals surface area contributed by atoms with Gasteiger partial charge in [0.1, 0.15) is 47.7 Å². The molecule has 0 bridgehead atoms. The zero-order chi connectivity index (χ0) is 27.3. The van der Waals surface area contributed by atoms with Gasteiger partial charge in [-0.2, -0.15) is 0 Å². The number of benzene rings is 2. The smallest absolute Gasteiger partial charge is 0.342 e. The number of carbonyl (C=O) groups excluding carboxylic acids is 1. The summed E-state index contributed by atoms with van der Waals surface area (Å²) >= 11 is 0. The highest BCUT2D eigenvalue weighted by molar-refractivity contribution is 6.03. The fourth-order valence-electron chi connectivity index (χ4n) is 4.47. The molecule has 2 saturated heterocycles. The minimum Gasteiger partial charge on any atom is -0.460 e. The average molecular weight is 533 g/mol. The van der Waals surface area contributed by atoms with Gasteiger partial charge in [-0.3, -0.25) is 0 Å². The summed E-state index contributed by atoms with van der Waals surface area (Å²) in [6, 6.07) is 9.43. The molecular formula is C25H28N2O11. The van der Waals surface area contributed by atoms with E-state index in [1.807, 2.05) is 0 Å². The maximum atomic E-state index is 13.0. The van der Waals surface area contributed by atoms with Crippen LogP contribution in [0.1, 0.15) is 24.2 Å². The summed E-state index contributed by atoms with van der Waals surface area (Å²) in [5.74, 6) is -0.707. The Hall–Kier alpha value is -3.01. The molecule has 6 N–H and O–H groups in total. The molecule has 0 spiro atoms. The molecule has 0 saturated carbocycles. The lowest BCUT2D eigenvalue weighted by molar-refractivity contribution is -0.276. The monoisotopic (exact) mass is 532 g/mol. The van der Waals surface area contributed by atoms with Crippen LogP contribution in [-0.4, -0.2) is 108 Å². The summed E-state index contributed by atoms with van der Waals surface area (Å²) in [5, 5.41) is 60.4. The van der Waals surface area contributed by atoms with E-state index < -0.39 is 67.4 Å². The number of aliphatic hydroxyl groups excluding tert-OH is 6. The number of para-hydroxylation sites is 2. The van der Waals surface area contributed by atoms with Gasteiger partial charge in [-0.1, -0.05) is 12.1 Å². The van der Waals surface area contributed by atoms with Crippen LogP contribution >= 0.6 is 0 Å². The normalized spacial score (nSPS) is 35.8. The van der Waals surface area contributed by atoms with E-state index in [1.165, 1.54) is 19.9 Å². The predicted octanol–water partition coefficient (Wildman–Crippen LogP) is -1.03. The number of fused-ring (bicyclic) bond motifs is 2.